The SMILES string of the molecule is CC#CC(=O)N(CC)CC1CCNCC1. The molecule has 0 saturated carbocycles. The summed E-state index contributed by atoms with van der Waals surface area (Å²) in [5.41, 5.74) is 0. The number of hydrogen-bond acceptors (Lipinski definition) is 2. The van der Waals surface area contributed by atoms with Crippen molar-refractivity contribution < 1.29 is 4.79 Å². The fraction of sp³-hybridized carbons (Fsp3) is 0.750. The van der Waals surface area contributed by atoms with E-state index in [2.05, 4.69) is 17.2 Å². The summed E-state index contributed by atoms with van der Waals surface area (Å²) < 4.78 is 0. The minimum absolute atomic E-state index is 0.0291. The van der Waals surface area contributed by atoms with Crippen LogP contribution in [0.25, 0.3) is 0 Å². The van der Waals surface area contributed by atoms with Crippen molar-refractivity contribution >= 4 is 5.91 Å². The van der Waals surface area contributed by atoms with Crippen molar-refractivity contribution in [1.29, 1.82) is 0 Å². The summed E-state index contributed by atoms with van der Waals surface area (Å²) in [7, 11) is 0. The van der Waals surface area contributed by atoms with Crippen LogP contribution in [-0.4, -0.2) is 37.0 Å². The second-order valence-electron chi connectivity index (χ2n) is 3.91. The maximum atomic E-state index is 11.6. The molecule has 1 heterocycles. The van der Waals surface area contributed by atoms with Crippen LogP contribution < -0.4 is 5.32 Å². The van der Waals surface area contributed by atoms with Crippen LogP contribution in [0.15, 0.2) is 0 Å². The lowest BCUT2D eigenvalue weighted by molar-refractivity contribution is -0.125. The quantitative estimate of drug-likeness (QED) is 0.698. The molecule has 15 heavy (non-hydrogen) atoms. The molecule has 1 fully saturated rings. The number of nitrogens with one attached hydrogen (secondary N) is 1. The van der Waals surface area contributed by atoms with E-state index < -0.39 is 0 Å². The van der Waals surface area contributed by atoms with Gasteiger partial charge in [-0.25, -0.2) is 0 Å². The van der Waals surface area contributed by atoms with Gasteiger partial charge in [-0.15, -0.1) is 0 Å². The summed E-state index contributed by atoms with van der Waals surface area (Å²) in [5, 5.41) is 3.33. The Kier molecular flexibility index (Phi) is 5.20. The predicted molar refractivity (Wildman–Crippen MR) is 61.3 cm³/mol. The van der Waals surface area contributed by atoms with E-state index >= 15 is 0 Å². The summed E-state index contributed by atoms with van der Waals surface area (Å²) in [4.78, 5) is 13.4. The summed E-state index contributed by atoms with van der Waals surface area (Å²) in [6.07, 6.45) is 2.34. The molecule has 3 heteroatoms. The monoisotopic (exact) mass is 208 g/mol. The highest BCUT2D eigenvalue weighted by Gasteiger charge is 2.18. The molecule has 1 aliphatic rings. The second kappa shape index (κ2) is 6.47. The number of piperidine rings is 1. The third-order valence-corrected chi connectivity index (χ3v) is 2.84. The van der Waals surface area contributed by atoms with E-state index in [-0.39, 0.29) is 5.91 Å². The van der Waals surface area contributed by atoms with Crippen LogP contribution >= 0.6 is 0 Å². The molecule has 1 N–H and O–H groups in total. The van der Waals surface area contributed by atoms with Gasteiger partial charge in [0.15, 0.2) is 0 Å². The van der Waals surface area contributed by atoms with Crippen molar-refractivity contribution in [3.8, 4) is 11.8 Å². The van der Waals surface area contributed by atoms with Crippen molar-refractivity contribution in [1.82, 2.24) is 10.2 Å². The van der Waals surface area contributed by atoms with Gasteiger partial charge in [0.25, 0.3) is 5.91 Å². The van der Waals surface area contributed by atoms with Gasteiger partial charge < -0.3 is 10.2 Å². The Bertz CT molecular complexity index is 259. The first-order valence-corrected chi connectivity index (χ1v) is 5.70. The van der Waals surface area contributed by atoms with Gasteiger partial charge in [-0.2, -0.15) is 0 Å². The van der Waals surface area contributed by atoms with Gasteiger partial charge >= 0.3 is 0 Å². The second-order valence-corrected chi connectivity index (χ2v) is 3.91. The van der Waals surface area contributed by atoms with Crippen LogP contribution in [0.1, 0.15) is 26.7 Å². The summed E-state index contributed by atoms with van der Waals surface area (Å²) in [5.74, 6) is 5.89. The van der Waals surface area contributed by atoms with Crippen LogP contribution in [0.3, 0.4) is 0 Å². The molecule has 1 aliphatic heterocycles. The minimum Gasteiger partial charge on any atom is -0.332 e. The lowest BCUT2D eigenvalue weighted by Gasteiger charge is -2.28. The van der Waals surface area contributed by atoms with Crippen molar-refractivity contribution in [3.05, 3.63) is 0 Å². The Balaban J connectivity index is 2.43. The van der Waals surface area contributed by atoms with Gasteiger partial charge in [-0.05, 0) is 51.6 Å². The first-order valence-electron chi connectivity index (χ1n) is 5.70. The van der Waals surface area contributed by atoms with Crippen LogP contribution in [0.4, 0.5) is 0 Å². The molecule has 3 nitrogen and oxygen atoms in total. The number of nitrogens with zero attached hydrogens (tertiary/aromatic N) is 1. The highest BCUT2D eigenvalue weighted by atomic mass is 16.2. The Morgan fingerprint density at radius 2 is 2.13 bits per heavy atom. The molecular formula is C12H20N2O. The molecule has 0 spiro atoms. The molecule has 0 bridgehead atoms. The zero-order chi connectivity index (χ0) is 11.1. The molecule has 0 atom stereocenters. The standard InChI is InChI=1S/C12H20N2O/c1-3-5-12(15)14(4-2)10-11-6-8-13-9-7-11/h11,13H,4,6-10H2,1-2H3. The molecule has 1 amide bonds. The molecular weight excluding hydrogens is 188 g/mol. The lowest BCUT2D eigenvalue weighted by atomic mass is 9.97. The van der Waals surface area contributed by atoms with Crippen LogP contribution in [0, 0.1) is 17.8 Å². The van der Waals surface area contributed by atoms with E-state index in [0.29, 0.717) is 5.92 Å². The molecule has 1 saturated heterocycles. The lowest BCUT2D eigenvalue weighted by Crippen LogP contribution is -2.38. The average molecular weight is 208 g/mol. The molecule has 0 aliphatic carbocycles. The fourth-order valence-electron chi connectivity index (χ4n) is 1.92. The first kappa shape index (κ1) is 12.1. The normalized spacial score (nSPS) is 16.7. The first-order chi connectivity index (χ1) is 7.27. The molecule has 0 aromatic heterocycles. The third-order valence-electron chi connectivity index (χ3n) is 2.84. The van der Waals surface area contributed by atoms with E-state index in [1.165, 1.54) is 12.8 Å². The zero-order valence-electron chi connectivity index (χ0n) is 9.68. The summed E-state index contributed by atoms with van der Waals surface area (Å²) in [6, 6.07) is 0. The molecule has 84 valence electrons. The highest BCUT2D eigenvalue weighted by Crippen LogP contribution is 2.13. The molecule has 0 aromatic rings. The van der Waals surface area contributed by atoms with Gasteiger partial charge in [0.1, 0.15) is 0 Å². The van der Waals surface area contributed by atoms with E-state index in [9.17, 15) is 4.79 Å². The maximum Gasteiger partial charge on any atom is 0.298 e. The Hall–Kier alpha value is -1.01. The van der Waals surface area contributed by atoms with Crippen LogP contribution in [-0.2, 0) is 4.79 Å². The highest BCUT2D eigenvalue weighted by molar-refractivity contribution is 5.93. The van der Waals surface area contributed by atoms with E-state index in [0.717, 1.165) is 26.2 Å². The van der Waals surface area contributed by atoms with Gasteiger partial charge in [0.2, 0.25) is 0 Å². The third kappa shape index (κ3) is 3.93. The number of hydrogen-bond donors (Lipinski definition) is 1. The van der Waals surface area contributed by atoms with Gasteiger partial charge in [0, 0.05) is 13.1 Å². The van der Waals surface area contributed by atoms with Crippen molar-refractivity contribution in [2.75, 3.05) is 26.2 Å². The maximum absolute atomic E-state index is 11.6. The molecule has 1 rings (SSSR count). The van der Waals surface area contributed by atoms with Crippen molar-refractivity contribution in [3.63, 3.8) is 0 Å². The number of carbonyl (C=O) groups excluding carboxylic acids is 1. The van der Waals surface area contributed by atoms with Gasteiger partial charge in [0.05, 0.1) is 0 Å². The molecule has 0 unspecified atom stereocenters. The molecule has 0 radical (unpaired) electrons. The van der Waals surface area contributed by atoms with E-state index in [4.69, 9.17) is 0 Å². The predicted octanol–water partition coefficient (Wildman–Crippen LogP) is 0.858. The number of amides is 1. The fourth-order valence-corrected chi connectivity index (χ4v) is 1.92. The Morgan fingerprint density at radius 1 is 1.47 bits per heavy atom. The number of rotatable bonds is 3. The summed E-state index contributed by atoms with van der Waals surface area (Å²) >= 11 is 0. The topological polar surface area (TPSA) is 32.3 Å². The van der Waals surface area contributed by atoms with Crippen molar-refractivity contribution in [2.45, 2.75) is 26.7 Å². The van der Waals surface area contributed by atoms with Crippen molar-refractivity contribution in [2.24, 2.45) is 5.92 Å². The zero-order valence-corrected chi connectivity index (χ0v) is 9.68. The average Bonchev–Trinajstić information content (AvgIpc) is 2.27. The minimum atomic E-state index is -0.0291. The van der Waals surface area contributed by atoms with Gasteiger partial charge in [-0.1, -0.05) is 5.92 Å². The van der Waals surface area contributed by atoms with Gasteiger partial charge in [-0.3, -0.25) is 4.79 Å². The van der Waals surface area contributed by atoms with Crippen LogP contribution in [0.2, 0.25) is 0 Å². The summed E-state index contributed by atoms with van der Waals surface area (Å²) in [6.45, 7) is 7.50. The van der Waals surface area contributed by atoms with Crippen LogP contribution in [0.5, 0.6) is 0 Å². The molecule has 0 aromatic carbocycles. The Labute approximate surface area is 92.2 Å². The van der Waals surface area contributed by atoms with E-state index in [1.807, 2.05) is 11.8 Å². The smallest absolute Gasteiger partial charge is 0.298 e. The van der Waals surface area contributed by atoms with E-state index in [1.54, 1.807) is 6.92 Å². The number of carbonyl (C=O) groups is 1. The Morgan fingerprint density at radius 3 is 2.67 bits per heavy atom. The largest absolute Gasteiger partial charge is 0.332 e.